The molecule has 1 aromatic rings. The number of carbonyl (C=O) groups is 1. The predicted octanol–water partition coefficient (Wildman–Crippen LogP) is 1.86. The van der Waals surface area contributed by atoms with E-state index >= 15 is 0 Å². The van der Waals surface area contributed by atoms with Crippen LogP contribution in [0.3, 0.4) is 0 Å². The number of benzene rings is 1. The van der Waals surface area contributed by atoms with Gasteiger partial charge in [0, 0.05) is 31.6 Å². The number of anilines is 1. The molecule has 0 aromatic heterocycles. The molecule has 1 heterocycles. The maximum absolute atomic E-state index is 11.7. The summed E-state index contributed by atoms with van der Waals surface area (Å²) < 4.78 is 25.9. The van der Waals surface area contributed by atoms with E-state index in [4.69, 9.17) is 0 Å². The van der Waals surface area contributed by atoms with E-state index in [-0.39, 0.29) is 17.6 Å². The molecule has 1 aliphatic rings. The minimum Gasteiger partial charge on any atom is -0.312 e. The zero-order valence-electron chi connectivity index (χ0n) is 12.5. The largest absolute Gasteiger partial charge is 0.312 e. The van der Waals surface area contributed by atoms with E-state index < -0.39 is 10.0 Å². The highest BCUT2D eigenvalue weighted by atomic mass is 32.2. The van der Waals surface area contributed by atoms with E-state index in [1.807, 2.05) is 31.2 Å². The second-order valence-electron chi connectivity index (χ2n) is 5.39. The summed E-state index contributed by atoms with van der Waals surface area (Å²) in [5, 5.41) is 0. The van der Waals surface area contributed by atoms with Crippen LogP contribution in [0.4, 0.5) is 5.69 Å². The molecule has 0 saturated heterocycles. The number of para-hydroxylation sites is 1. The second-order valence-corrected chi connectivity index (χ2v) is 7.31. The van der Waals surface area contributed by atoms with E-state index in [1.54, 1.807) is 11.8 Å². The number of fused-ring (bicyclic) bond motifs is 1. The first-order valence-electron chi connectivity index (χ1n) is 7.29. The van der Waals surface area contributed by atoms with Gasteiger partial charge in [0.2, 0.25) is 15.9 Å². The third-order valence-corrected chi connectivity index (χ3v) is 5.33. The molecular formula is C15H22N2O3S. The van der Waals surface area contributed by atoms with Gasteiger partial charge in [-0.05, 0) is 24.5 Å². The topological polar surface area (TPSA) is 66.5 Å². The first-order chi connectivity index (χ1) is 9.94. The summed E-state index contributed by atoms with van der Waals surface area (Å²) in [6.45, 7) is 4.44. The van der Waals surface area contributed by atoms with Crippen molar-refractivity contribution in [1.29, 1.82) is 0 Å². The molecule has 1 aromatic carbocycles. The molecule has 2 rings (SSSR count). The highest BCUT2D eigenvalue weighted by Gasteiger charge is 2.30. The lowest BCUT2D eigenvalue weighted by Gasteiger charge is -2.15. The average molecular weight is 310 g/mol. The lowest BCUT2D eigenvalue weighted by Crippen LogP contribution is -2.30. The Hall–Kier alpha value is -1.40. The standard InChI is InChI=1S/C15H22N2O3S/c1-3-10-21(19,20)16-9-8-13-11-17(12(2)18)15-7-5-4-6-14(13)15/h4-7,13,16H,3,8-11H2,1-2H3. The SMILES string of the molecule is CCCS(=O)(=O)NCCC1CN(C(C)=O)c2ccccc21. The highest BCUT2D eigenvalue weighted by Crippen LogP contribution is 2.37. The summed E-state index contributed by atoms with van der Waals surface area (Å²) in [5.74, 6) is 0.374. The van der Waals surface area contributed by atoms with Crippen molar-refractivity contribution in [2.45, 2.75) is 32.6 Å². The fourth-order valence-electron chi connectivity index (χ4n) is 2.77. The molecule has 1 atom stereocenters. The normalized spacial score (nSPS) is 17.8. The predicted molar refractivity (Wildman–Crippen MR) is 83.9 cm³/mol. The lowest BCUT2D eigenvalue weighted by atomic mass is 9.98. The van der Waals surface area contributed by atoms with Gasteiger partial charge < -0.3 is 4.90 Å². The Morgan fingerprint density at radius 2 is 2.10 bits per heavy atom. The van der Waals surface area contributed by atoms with Crippen LogP contribution in [0, 0.1) is 0 Å². The summed E-state index contributed by atoms with van der Waals surface area (Å²) >= 11 is 0. The number of nitrogens with zero attached hydrogens (tertiary/aromatic N) is 1. The molecule has 1 unspecified atom stereocenters. The van der Waals surface area contributed by atoms with Crippen molar-refractivity contribution < 1.29 is 13.2 Å². The Labute approximate surface area is 126 Å². The Morgan fingerprint density at radius 3 is 2.76 bits per heavy atom. The number of hydrogen-bond donors (Lipinski definition) is 1. The van der Waals surface area contributed by atoms with E-state index in [9.17, 15) is 13.2 Å². The Balaban J connectivity index is 2.01. The summed E-state index contributed by atoms with van der Waals surface area (Å²) in [6, 6.07) is 7.83. The van der Waals surface area contributed by atoms with Crippen LogP contribution in [-0.4, -0.2) is 33.2 Å². The number of nitrogens with one attached hydrogen (secondary N) is 1. The third-order valence-electron chi connectivity index (χ3n) is 3.74. The number of sulfonamides is 1. The Morgan fingerprint density at radius 1 is 1.38 bits per heavy atom. The van der Waals surface area contributed by atoms with Crippen molar-refractivity contribution in [3.63, 3.8) is 0 Å². The van der Waals surface area contributed by atoms with Crippen molar-refractivity contribution >= 4 is 21.6 Å². The monoisotopic (exact) mass is 310 g/mol. The van der Waals surface area contributed by atoms with Crippen LogP contribution in [0.15, 0.2) is 24.3 Å². The summed E-state index contributed by atoms with van der Waals surface area (Å²) in [5.41, 5.74) is 2.08. The van der Waals surface area contributed by atoms with Gasteiger partial charge in [0.05, 0.1) is 5.75 Å². The zero-order chi connectivity index (χ0) is 15.5. The molecular weight excluding hydrogens is 288 g/mol. The molecule has 0 bridgehead atoms. The van der Waals surface area contributed by atoms with Crippen LogP contribution in [0.2, 0.25) is 0 Å². The molecule has 0 radical (unpaired) electrons. The van der Waals surface area contributed by atoms with Gasteiger partial charge in [0.1, 0.15) is 0 Å². The van der Waals surface area contributed by atoms with Crippen LogP contribution < -0.4 is 9.62 Å². The fourth-order valence-corrected chi connectivity index (χ4v) is 3.88. The van der Waals surface area contributed by atoms with Gasteiger partial charge in [-0.3, -0.25) is 4.79 Å². The molecule has 0 saturated carbocycles. The summed E-state index contributed by atoms with van der Waals surface area (Å²) in [6.07, 6.45) is 1.31. The maximum atomic E-state index is 11.7. The molecule has 0 aliphatic carbocycles. The molecule has 6 heteroatoms. The van der Waals surface area contributed by atoms with Crippen molar-refractivity contribution in [1.82, 2.24) is 4.72 Å². The second kappa shape index (κ2) is 6.58. The minimum absolute atomic E-state index is 0.0245. The van der Waals surface area contributed by atoms with E-state index in [0.717, 1.165) is 11.3 Å². The lowest BCUT2D eigenvalue weighted by molar-refractivity contribution is -0.116. The van der Waals surface area contributed by atoms with Crippen molar-refractivity contribution in [3.05, 3.63) is 29.8 Å². The third kappa shape index (κ3) is 3.83. The smallest absolute Gasteiger partial charge is 0.223 e. The number of amides is 1. The molecule has 116 valence electrons. The molecule has 0 spiro atoms. The molecule has 1 amide bonds. The molecule has 21 heavy (non-hydrogen) atoms. The van der Waals surface area contributed by atoms with E-state index in [2.05, 4.69) is 4.72 Å². The van der Waals surface area contributed by atoms with Gasteiger partial charge in [0.15, 0.2) is 0 Å². The van der Waals surface area contributed by atoms with Crippen LogP contribution in [-0.2, 0) is 14.8 Å². The van der Waals surface area contributed by atoms with E-state index in [1.165, 1.54) is 0 Å². The van der Waals surface area contributed by atoms with Crippen LogP contribution in [0.1, 0.15) is 38.2 Å². The van der Waals surface area contributed by atoms with Gasteiger partial charge in [-0.2, -0.15) is 0 Å². The summed E-state index contributed by atoms with van der Waals surface area (Å²) in [7, 11) is -3.16. The van der Waals surface area contributed by atoms with Crippen molar-refractivity contribution in [2.75, 3.05) is 23.7 Å². The minimum atomic E-state index is -3.16. The molecule has 1 N–H and O–H groups in total. The number of hydrogen-bond acceptors (Lipinski definition) is 3. The van der Waals surface area contributed by atoms with Gasteiger partial charge in [0.25, 0.3) is 0 Å². The first kappa shape index (κ1) is 16.0. The maximum Gasteiger partial charge on any atom is 0.223 e. The fraction of sp³-hybridized carbons (Fsp3) is 0.533. The Bertz CT molecular complexity index is 613. The van der Waals surface area contributed by atoms with Gasteiger partial charge in [-0.15, -0.1) is 0 Å². The first-order valence-corrected chi connectivity index (χ1v) is 8.94. The van der Waals surface area contributed by atoms with E-state index in [0.29, 0.717) is 25.9 Å². The molecule has 1 aliphatic heterocycles. The van der Waals surface area contributed by atoms with Gasteiger partial charge in [-0.1, -0.05) is 25.1 Å². The molecule has 5 nitrogen and oxygen atoms in total. The quantitative estimate of drug-likeness (QED) is 0.872. The van der Waals surface area contributed by atoms with Crippen molar-refractivity contribution in [3.8, 4) is 0 Å². The summed E-state index contributed by atoms with van der Waals surface area (Å²) in [4.78, 5) is 13.5. The number of rotatable bonds is 6. The van der Waals surface area contributed by atoms with Crippen LogP contribution in [0.25, 0.3) is 0 Å². The highest BCUT2D eigenvalue weighted by molar-refractivity contribution is 7.89. The van der Waals surface area contributed by atoms with Crippen LogP contribution in [0.5, 0.6) is 0 Å². The Kier molecular flexibility index (Phi) is 5.00. The van der Waals surface area contributed by atoms with Crippen molar-refractivity contribution in [2.24, 2.45) is 0 Å². The van der Waals surface area contributed by atoms with Crippen LogP contribution >= 0.6 is 0 Å². The van der Waals surface area contributed by atoms with Gasteiger partial charge >= 0.3 is 0 Å². The van der Waals surface area contributed by atoms with Gasteiger partial charge in [-0.25, -0.2) is 13.1 Å². The zero-order valence-corrected chi connectivity index (χ0v) is 13.3. The average Bonchev–Trinajstić information content (AvgIpc) is 2.78. The number of carbonyl (C=O) groups excluding carboxylic acids is 1. The molecule has 0 fully saturated rings.